The molecular formula is C15H14F3NO3. The van der Waals surface area contributed by atoms with Gasteiger partial charge in [0.15, 0.2) is 0 Å². The molecular weight excluding hydrogens is 299 g/mol. The van der Waals surface area contributed by atoms with Crippen LogP contribution in [-0.4, -0.2) is 30.0 Å². The summed E-state index contributed by atoms with van der Waals surface area (Å²) in [7, 11) is 1.38. The van der Waals surface area contributed by atoms with E-state index in [1.54, 1.807) is 0 Å². The first-order valence-corrected chi connectivity index (χ1v) is 6.91. The third-order valence-corrected chi connectivity index (χ3v) is 4.71. The highest BCUT2D eigenvalue weighted by Crippen LogP contribution is 2.53. The number of rotatable bonds is 1. The standard InChI is InChI=1S/C15H14F3NO3/c1-19-11-9(6-8(12(20)21)7-10(11)16)14(13(19)22)2-4-15(17,18)5-3-14/h6-7H,2-5H2,1H3,(H,20,21). The zero-order valence-corrected chi connectivity index (χ0v) is 11.8. The number of halogens is 3. The Morgan fingerprint density at radius 3 is 2.36 bits per heavy atom. The second-order valence-corrected chi connectivity index (χ2v) is 5.96. The molecule has 0 bridgehead atoms. The van der Waals surface area contributed by atoms with Crippen molar-refractivity contribution in [2.45, 2.75) is 37.0 Å². The third kappa shape index (κ3) is 1.91. The molecule has 7 heteroatoms. The van der Waals surface area contributed by atoms with Gasteiger partial charge < -0.3 is 10.0 Å². The van der Waals surface area contributed by atoms with E-state index in [1.165, 1.54) is 13.1 Å². The summed E-state index contributed by atoms with van der Waals surface area (Å²) < 4.78 is 41.1. The largest absolute Gasteiger partial charge is 0.478 e. The van der Waals surface area contributed by atoms with Gasteiger partial charge in [-0.25, -0.2) is 18.0 Å². The van der Waals surface area contributed by atoms with Crippen LogP contribution in [0.25, 0.3) is 0 Å². The van der Waals surface area contributed by atoms with Crippen LogP contribution in [0.5, 0.6) is 0 Å². The number of carboxylic acids is 1. The van der Waals surface area contributed by atoms with Crippen LogP contribution in [0.1, 0.15) is 41.6 Å². The number of aromatic carboxylic acids is 1. The molecule has 1 N–H and O–H groups in total. The number of hydrogen-bond acceptors (Lipinski definition) is 2. The van der Waals surface area contributed by atoms with Crippen molar-refractivity contribution in [1.29, 1.82) is 0 Å². The summed E-state index contributed by atoms with van der Waals surface area (Å²) in [6, 6.07) is 2.09. The number of likely N-dealkylation sites (N-methyl/N-ethyl adjacent to an activating group) is 1. The first-order valence-electron chi connectivity index (χ1n) is 6.91. The van der Waals surface area contributed by atoms with E-state index < -0.39 is 41.9 Å². The van der Waals surface area contributed by atoms with Crippen molar-refractivity contribution in [2.75, 3.05) is 11.9 Å². The first kappa shape index (κ1) is 14.9. The van der Waals surface area contributed by atoms with Gasteiger partial charge in [0, 0.05) is 19.9 Å². The minimum atomic E-state index is -2.84. The van der Waals surface area contributed by atoms with Gasteiger partial charge in [-0.3, -0.25) is 4.79 Å². The van der Waals surface area contributed by atoms with Crippen molar-refractivity contribution in [3.63, 3.8) is 0 Å². The number of carbonyl (C=O) groups is 2. The van der Waals surface area contributed by atoms with Crippen molar-refractivity contribution in [3.8, 4) is 0 Å². The Balaban J connectivity index is 2.17. The Morgan fingerprint density at radius 1 is 1.23 bits per heavy atom. The van der Waals surface area contributed by atoms with Crippen molar-refractivity contribution < 1.29 is 27.9 Å². The molecule has 0 saturated heterocycles. The number of anilines is 1. The Labute approximate surface area is 124 Å². The van der Waals surface area contributed by atoms with Gasteiger partial charge in [0.05, 0.1) is 16.7 Å². The molecule has 0 atom stereocenters. The van der Waals surface area contributed by atoms with E-state index in [1.807, 2.05) is 0 Å². The third-order valence-electron chi connectivity index (χ3n) is 4.71. The zero-order chi connectivity index (χ0) is 16.3. The first-order chi connectivity index (χ1) is 10.2. The van der Waals surface area contributed by atoms with E-state index in [9.17, 15) is 22.8 Å². The maximum atomic E-state index is 14.2. The van der Waals surface area contributed by atoms with Gasteiger partial charge in [-0.05, 0) is 30.5 Å². The van der Waals surface area contributed by atoms with Crippen LogP contribution in [0.15, 0.2) is 12.1 Å². The van der Waals surface area contributed by atoms with Crippen molar-refractivity contribution in [1.82, 2.24) is 0 Å². The molecule has 2 aliphatic rings. The second kappa shape index (κ2) is 4.47. The number of benzene rings is 1. The summed E-state index contributed by atoms with van der Waals surface area (Å²) in [5, 5.41) is 9.06. The van der Waals surface area contributed by atoms with Gasteiger partial charge in [0.25, 0.3) is 0 Å². The number of nitrogens with zero attached hydrogens (tertiary/aromatic N) is 1. The van der Waals surface area contributed by atoms with E-state index >= 15 is 0 Å². The quantitative estimate of drug-likeness (QED) is 0.867. The molecule has 1 saturated carbocycles. The summed E-state index contributed by atoms with van der Waals surface area (Å²) in [5.74, 6) is -5.42. The fourth-order valence-corrected chi connectivity index (χ4v) is 3.49. The summed E-state index contributed by atoms with van der Waals surface area (Å²) in [5.41, 5.74) is -1.30. The van der Waals surface area contributed by atoms with Crippen molar-refractivity contribution in [3.05, 3.63) is 29.1 Å². The van der Waals surface area contributed by atoms with Gasteiger partial charge in [0.1, 0.15) is 5.82 Å². The van der Waals surface area contributed by atoms with Gasteiger partial charge in [-0.1, -0.05) is 0 Å². The second-order valence-electron chi connectivity index (χ2n) is 5.96. The molecule has 1 spiro atoms. The predicted molar refractivity (Wildman–Crippen MR) is 71.9 cm³/mol. The minimum absolute atomic E-state index is 0.000200. The molecule has 1 heterocycles. The number of fused-ring (bicyclic) bond motifs is 2. The highest BCUT2D eigenvalue weighted by Gasteiger charge is 2.55. The fraction of sp³-hybridized carbons (Fsp3) is 0.467. The van der Waals surface area contributed by atoms with Crippen LogP contribution in [0.4, 0.5) is 18.9 Å². The lowest BCUT2D eigenvalue weighted by atomic mass is 9.69. The molecule has 1 amide bonds. The van der Waals surface area contributed by atoms with Crippen LogP contribution in [0.3, 0.4) is 0 Å². The average Bonchev–Trinajstić information content (AvgIpc) is 2.65. The molecule has 118 valence electrons. The average molecular weight is 313 g/mol. The number of hydrogen-bond donors (Lipinski definition) is 1. The molecule has 0 unspecified atom stereocenters. The fourth-order valence-electron chi connectivity index (χ4n) is 3.49. The summed E-state index contributed by atoms with van der Waals surface area (Å²) in [6.07, 6.45) is -1.16. The summed E-state index contributed by atoms with van der Waals surface area (Å²) >= 11 is 0. The van der Waals surface area contributed by atoms with Crippen molar-refractivity contribution in [2.24, 2.45) is 0 Å². The lowest BCUT2D eigenvalue weighted by Crippen LogP contribution is -2.44. The van der Waals surface area contributed by atoms with E-state index in [4.69, 9.17) is 5.11 Å². The van der Waals surface area contributed by atoms with E-state index in [0.29, 0.717) is 0 Å². The van der Waals surface area contributed by atoms with Crippen LogP contribution in [0.2, 0.25) is 0 Å². The maximum Gasteiger partial charge on any atom is 0.335 e. The predicted octanol–water partition coefficient (Wildman–Crippen LogP) is 2.95. The van der Waals surface area contributed by atoms with Gasteiger partial charge in [0.2, 0.25) is 11.8 Å². The monoisotopic (exact) mass is 313 g/mol. The van der Waals surface area contributed by atoms with Crippen LogP contribution in [0, 0.1) is 5.82 Å². The lowest BCUT2D eigenvalue weighted by Gasteiger charge is -2.36. The molecule has 3 rings (SSSR count). The Hall–Kier alpha value is -2.05. The highest BCUT2D eigenvalue weighted by molar-refractivity contribution is 6.08. The number of alkyl halides is 2. The van der Waals surface area contributed by atoms with E-state index in [0.717, 1.165) is 11.0 Å². The van der Waals surface area contributed by atoms with Crippen LogP contribution >= 0.6 is 0 Å². The Morgan fingerprint density at radius 2 is 1.82 bits per heavy atom. The van der Waals surface area contributed by atoms with Crippen LogP contribution < -0.4 is 4.90 Å². The van der Waals surface area contributed by atoms with Gasteiger partial charge in [-0.2, -0.15) is 0 Å². The molecule has 1 aliphatic carbocycles. The lowest BCUT2D eigenvalue weighted by molar-refractivity contribution is -0.127. The molecule has 1 fully saturated rings. The number of carboxylic acid groups (broad SMARTS) is 1. The molecule has 0 radical (unpaired) electrons. The number of carbonyl (C=O) groups excluding carboxylic acids is 1. The van der Waals surface area contributed by atoms with Crippen LogP contribution in [-0.2, 0) is 10.2 Å². The number of amides is 1. The molecule has 4 nitrogen and oxygen atoms in total. The minimum Gasteiger partial charge on any atom is -0.478 e. The van der Waals surface area contributed by atoms with E-state index in [2.05, 4.69) is 0 Å². The Kier molecular flexibility index (Phi) is 3.02. The van der Waals surface area contributed by atoms with E-state index in [-0.39, 0.29) is 29.7 Å². The van der Waals surface area contributed by atoms with Gasteiger partial charge in [-0.15, -0.1) is 0 Å². The SMILES string of the molecule is CN1C(=O)C2(CCC(F)(F)CC2)c2cc(C(=O)O)cc(F)c21. The highest BCUT2D eigenvalue weighted by atomic mass is 19.3. The normalized spacial score (nSPS) is 22.0. The topological polar surface area (TPSA) is 57.6 Å². The molecule has 1 aliphatic heterocycles. The zero-order valence-electron chi connectivity index (χ0n) is 11.8. The Bertz CT molecular complexity index is 677. The molecule has 0 aromatic heterocycles. The molecule has 22 heavy (non-hydrogen) atoms. The molecule has 1 aromatic carbocycles. The van der Waals surface area contributed by atoms with Gasteiger partial charge >= 0.3 is 5.97 Å². The maximum absolute atomic E-state index is 14.2. The summed E-state index contributed by atoms with van der Waals surface area (Å²) in [6.45, 7) is 0. The smallest absolute Gasteiger partial charge is 0.335 e. The molecule has 1 aromatic rings. The summed E-state index contributed by atoms with van der Waals surface area (Å²) in [4.78, 5) is 24.8. The van der Waals surface area contributed by atoms with Crippen molar-refractivity contribution >= 4 is 17.6 Å².